The maximum atomic E-state index is 13.0. The third-order valence-corrected chi connectivity index (χ3v) is 6.79. The minimum atomic E-state index is -0.0939. The van der Waals surface area contributed by atoms with Gasteiger partial charge in [-0.05, 0) is 61.8 Å². The highest BCUT2D eigenvalue weighted by atomic mass is 79.9. The Morgan fingerprint density at radius 1 is 0.844 bits per heavy atom. The molecule has 0 radical (unpaired) electrons. The number of amides is 2. The van der Waals surface area contributed by atoms with Crippen molar-refractivity contribution in [2.75, 3.05) is 57.7 Å². The number of likely N-dealkylation sites (tertiary alicyclic amines) is 1. The predicted octanol–water partition coefficient (Wildman–Crippen LogP) is 3.48. The van der Waals surface area contributed by atoms with Gasteiger partial charge < -0.3 is 15.1 Å². The number of carbonyl (C=O) groups excluding carboxylic acids is 2. The molecule has 7 heteroatoms. The Labute approximate surface area is 198 Å². The van der Waals surface area contributed by atoms with Gasteiger partial charge in [-0.3, -0.25) is 14.5 Å². The number of anilines is 1. The van der Waals surface area contributed by atoms with Crippen LogP contribution in [0.1, 0.15) is 28.8 Å². The van der Waals surface area contributed by atoms with Crippen molar-refractivity contribution in [3.8, 4) is 0 Å². The van der Waals surface area contributed by atoms with E-state index in [-0.39, 0.29) is 11.8 Å². The molecular formula is C25H31BrN4O2. The van der Waals surface area contributed by atoms with Crippen molar-refractivity contribution in [3.05, 3.63) is 64.1 Å². The summed E-state index contributed by atoms with van der Waals surface area (Å²) >= 11 is 3.40. The lowest BCUT2D eigenvalue weighted by Gasteiger charge is -2.35. The number of piperazine rings is 1. The van der Waals surface area contributed by atoms with E-state index in [0.29, 0.717) is 17.7 Å². The van der Waals surface area contributed by atoms with Gasteiger partial charge in [0.05, 0.1) is 6.42 Å². The van der Waals surface area contributed by atoms with Crippen LogP contribution >= 0.6 is 15.9 Å². The summed E-state index contributed by atoms with van der Waals surface area (Å²) < 4.78 is 0.986. The average Bonchev–Trinajstić information content (AvgIpc) is 3.33. The number of hydrogen-bond donors (Lipinski definition) is 1. The lowest BCUT2D eigenvalue weighted by Crippen LogP contribution is -2.50. The Bertz CT molecular complexity index is 920. The second-order valence-electron chi connectivity index (χ2n) is 8.61. The molecule has 0 atom stereocenters. The largest absolute Gasteiger partial charge is 0.336 e. The van der Waals surface area contributed by atoms with Gasteiger partial charge in [0.25, 0.3) is 5.91 Å². The molecule has 2 aliphatic rings. The number of rotatable bonds is 7. The lowest BCUT2D eigenvalue weighted by atomic mass is 10.1. The summed E-state index contributed by atoms with van der Waals surface area (Å²) in [5.41, 5.74) is 2.22. The van der Waals surface area contributed by atoms with Crippen LogP contribution in [-0.4, -0.2) is 78.9 Å². The minimum Gasteiger partial charge on any atom is -0.336 e. The van der Waals surface area contributed by atoms with Crippen LogP contribution in [0.25, 0.3) is 0 Å². The van der Waals surface area contributed by atoms with E-state index in [1.54, 1.807) is 6.07 Å². The molecule has 1 N–H and O–H groups in total. The Balaban J connectivity index is 1.26. The van der Waals surface area contributed by atoms with Crippen LogP contribution in [0.4, 0.5) is 5.69 Å². The Hall–Kier alpha value is -2.22. The molecule has 6 nitrogen and oxygen atoms in total. The zero-order valence-electron chi connectivity index (χ0n) is 18.4. The van der Waals surface area contributed by atoms with Crippen molar-refractivity contribution in [2.45, 2.75) is 19.3 Å². The molecule has 2 aromatic rings. The summed E-state index contributed by atoms with van der Waals surface area (Å²) in [6, 6.07) is 15.0. The summed E-state index contributed by atoms with van der Waals surface area (Å²) in [7, 11) is 0. The number of hydrogen-bond acceptors (Lipinski definition) is 4. The van der Waals surface area contributed by atoms with Gasteiger partial charge in [0, 0.05) is 55.0 Å². The van der Waals surface area contributed by atoms with Crippen LogP contribution < -0.4 is 5.32 Å². The highest BCUT2D eigenvalue weighted by molar-refractivity contribution is 9.10. The molecule has 170 valence electrons. The maximum Gasteiger partial charge on any atom is 0.254 e. The van der Waals surface area contributed by atoms with E-state index in [2.05, 4.69) is 31.0 Å². The van der Waals surface area contributed by atoms with Crippen molar-refractivity contribution < 1.29 is 9.59 Å². The highest BCUT2D eigenvalue weighted by Gasteiger charge is 2.23. The Morgan fingerprint density at radius 2 is 1.50 bits per heavy atom. The molecule has 2 amide bonds. The first-order chi connectivity index (χ1) is 15.6. The van der Waals surface area contributed by atoms with Gasteiger partial charge in [-0.2, -0.15) is 0 Å². The highest BCUT2D eigenvalue weighted by Crippen LogP contribution is 2.16. The number of benzene rings is 2. The zero-order chi connectivity index (χ0) is 22.3. The molecule has 2 aromatic carbocycles. The van der Waals surface area contributed by atoms with E-state index in [0.717, 1.165) is 49.3 Å². The van der Waals surface area contributed by atoms with Gasteiger partial charge in [0.15, 0.2) is 0 Å². The first kappa shape index (κ1) is 23.0. The van der Waals surface area contributed by atoms with Gasteiger partial charge >= 0.3 is 0 Å². The maximum absolute atomic E-state index is 13.0. The Kier molecular flexibility index (Phi) is 7.95. The SMILES string of the molecule is O=C(Cc1ccc(Br)cc1)Nc1cccc(C(=O)N2CCN(CCN3CCCC3)CC2)c1. The van der Waals surface area contributed by atoms with Crippen molar-refractivity contribution in [1.82, 2.24) is 14.7 Å². The summed E-state index contributed by atoms with van der Waals surface area (Å²) in [6.45, 7) is 8.02. The molecule has 2 saturated heterocycles. The van der Waals surface area contributed by atoms with Gasteiger partial charge in [-0.15, -0.1) is 0 Å². The molecule has 2 heterocycles. The minimum absolute atomic E-state index is 0.0354. The van der Waals surface area contributed by atoms with Gasteiger partial charge in [0.1, 0.15) is 0 Å². The standard InChI is InChI=1S/C25H31BrN4O2/c26-22-8-6-20(7-9-22)18-24(31)27-23-5-3-4-21(19-23)25(32)30-16-14-29(15-17-30)13-12-28-10-1-2-11-28/h3-9,19H,1-2,10-18H2,(H,27,31). The summed E-state index contributed by atoms with van der Waals surface area (Å²) in [5.74, 6) is -0.0586. The molecule has 0 bridgehead atoms. The molecule has 0 unspecified atom stereocenters. The van der Waals surface area contributed by atoms with Gasteiger partial charge in [-0.1, -0.05) is 34.1 Å². The molecule has 2 aliphatic heterocycles. The van der Waals surface area contributed by atoms with Crippen LogP contribution in [0.5, 0.6) is 0 Å². The lowest BCUT2D eigenvalue weighted by molar-refractivity contribution is -0.115. The average molecular weight is 499 g/mol. The van der Waals surface area contributed by atoms with Crippen molar-refractivity contribution in [2.24, 2.45) is 0 Å². The van der Waals surface area contributed by atoms with Crippen LogP contribution in [0.2, 0.25) is 0 Å². The van der Waals surface area contributed by atoms with Crippen molar-refractivity contribution >= 4 is 33.4 Å². The van der Waals surface area contributed by atoms with E-state index >= 15 is 0 Å². The quantitative estimate of drug-likeness (QED) is 0.634. The fourth-order valence-corrected chi connectivity index (χ4v) is 4.63. The number of nitrogens with zero attached hydrogens (tertiary/aromatic N) is 3. The molecule has 32 heavy (non-hydrogen) atoms. The van der Waals surface area contributed by atoms with Crippen molar-refractivity contribution in [1.29, 1.82) is 0 Å². The molecule has 0 aliphatic carbocycles. The topological polar surface area (TPSA) is 55.9 Å². The molecular weight excluding hydrogens is 468 g/mol. The van der Waals surface area contributed by atoms with E-state index in [1.165, 1.54) is 25.9 Å². The van der Waals surface area contributed by atoms with Gasteiger partial charge in [-0.25, -0.2) is 0 Å². The molecule has 2 fully saturated rings. The molecule has 0 aromatic heterocycles. The van der Waals surface area contributed by atoms with Crippen LogP contribution in [0.15, 0.2) is 53.0 Å². The van der Waals surface area contributed by atoms with Crippen LogP contribution in [0, 0.1) is 0 Å². The Morgan fingerprint density at radius 3 is 2.19 bits per heavy atom. The second kappa shape index (κ2) is 11.1. The number of nitrogens with one attached hydrogen (secondary N) is 1. The smallest absolute Gasteiger partial charge is 0.254 e. The predicted molar refractivity (Wildman–Crippen MR) is 131 cm³/mol. The zero-order valence-corrected chi connectivity index (χ0v) is 20.0. The molecule has 4 rings (SSSR count). The van der Waals surface area contributed by atoms with Crippen molar-refractivity contribution in [3.63, 3.8) is 0 Å². The van der Waals surface area contributed by atoms with Gasteiger partial charge in [0.2, 0.25) is 5.91 Å². The third-order valence-electron chi connectivity index (χ3n) is 6.26. The van der Waals surface area contributed by atoms with E-state index in [9.17, 15) is 9.59 Å². The first-order valence-corrected chi connectivity index (χ1v) is 12.2. The summed E-state index contributed by atoms with van der Waals surface area (Å²) in [5, 5.41) is 2.92. The second-order valence-corrected chi connectivity index (χ2v) is 9.53. The van der Waals surface area contributed by atoms with E-state index < -0.39 is 0 Å². The third kappa shape index (κ3) is 6.40. The number of halogens is 1. The van der Waals surface area contributed by atoms with E-state index in [4.69, 9.17) is 0 Å². The van der Waals surface area contributed by atoms with E-state index in [1.807, 2.05) is 47.4 Å². The summed E-state index contributed by atoms with van der Waals surface area (Å²) in [4.78, 5) is 32.4. The molecule has 0 spiro atoms. The first-order valence-electron chi connectivity index (χ1n) is 11.5. The summed E-state index contributed by atoms with van der Waals surface area (Å²) in [6.07, 6.45) is 2.95. The fourth-order valence-electron chi connectivity index (χ4n) is 4.37. The van der Waals surface area contributed by atoms with Crippen LogP contribution in [-0.2, 0) is 11.2 Å². The monoisotopic (exact) mass is 498 g/mol. The normalized spacial score (nSPS) is 17.5. The number of carbonyl (C=O) groups is 2. The van der Waals surface area contributed by atoms with Crippen LogP contribution in [0.3, 0.4) is 0 Å². The molecule has 0 saturated carbocycles. The fraction of sp³-hybridized carbons (Fsp3) is 0.440.